The average Bonchev–Trinajstić information content (AvgIpc) is 2.57. The molecule has 0 amide bonds. The summed E-state index contributed by atoms with van der Waals surface area (Å²) in [5.41, 5.74) is 1.03. The fraction of sp³-hybridized carbons (Fsp3) is 0.111. The molecule has 0 spiro atoms. The van der Waals surface area contributed by atoms with Crippen LogP contribution in [0.1, 0.15) is 5.56 Å². The van der Waals surface area contributed by atoms with Crippen molar-refractivity contribution < 1.29 is 18.6 Å². The highest BCUT2D eigenvalue weighted by molar-refractivity contribution is 7.89. The predicted octanol–water partition coefficient (Wildman–Crippen LogP) is 2.77. The Morgan fingerprint density at radius 1 is 0.833 bits per heavy atom. The second-order valence-corrected chi connectivity index (χ2v) is 7.25. The minimum absolute atomic E-state index is 0.0867. The molecule has 0 unspecified atom stereocenters. The molecule has 0 aliphatic rings. The van der Waals surface area contributed by atoms with Crippen molar-refractivity contribution in [1.29, 1.82) is 0 Å². The Morgan fingerprint density at radius 3 is 2.33 bits per heavy atom. The topological polar surface area (TPSA) is 86.6 Å². The molecule has 6 heteroatoms. The van der Waals surface area contributed by atoms with Gasteiger partial charge in [-0.25, -0.2) is 13.1 Å². The van der Waals surface area contributed by atoms with E-state index in [4.69, 9.17) is 0 Å². The Balaban J connectivity index is 1.68. The lowest BCUT2D eigenvalue weighted by Crippen LogP contribution is -2.25. The molecule has 3 rings (SSSR count). The smallest absolute Gasteiger partial charge is 0.240 e. The van der Waals surface area contributed by atoms with Gasteiger partial charge in [-0.1, -0.05) is 42.5 Å². The molecule has 5 nitrogen and oxygen atoms in total. The molecule has 0 saturated heterocycles. The Labute approximate surface area is 140 Å². The summed E-state index contributed by atoms with van der Waals surface area (Å²) in [6, 6.07) is 17.4. The molecule has 0 aromatic heterocycles. The van der Waals surface area contributed by atoms with Crippen LogP contribution in [0.2, 0.25) is 0 Å². The number of sulfonamides is 1. The first-order valence-electron chi connectivity index (χ1n) is 7.45. The van der Waals surface area contributed by atoms with Crippen LogP contribution in [-0.2, 0) is 16.4 Å². The summed E-state index contributed by atoms with van der Waals surface area (Å²) in [5, 5.41) is 20.9. The number of hydrogen-bond donors (Lipinski definition) is 3. The van der Waals surface area contributed by atoms with Gasteiger partial charge < -0.3 is 10.2 Å². The maximum absolute atomic E-state index is 12.2. The molecule has 0 aliphatic heterocycles. The summed E-state index contributed by atoms with van der Waals surface area (Å²) in [6.07, 6.45) is 0.550. The normalized spacial score (nSPS) is 11.7. The highest BCUT2D eigenvalue weighted by Crippen LogP contribution is 2.26. The quantitative estimate of drug-likeness (QED) is 0.622. The lowest BCUT2D eigenvalue weighted by Gasteiger charge is -2.08. The van der Waals surface area contributed by atoms with Gasteiger partial charge in [-0.3, -0.25) is 0 Å². The van der Waals surface area contributed by atoms with Crippen LogP contribution >= 0.6 is 0 Å². The van der Waals surface area contributed by atoms with Gasteiger partial charge in [-0.05, 0) is 34.9 Å². The maximum atomic E-state index is 12.2. The molecule has 0 heterocycles. The van der Waals surface area contributed by atoms with Gasteiger partial charge in [0.2, 0.25) is 10.0 Å². The molecule has 0 aliphatic carbocycles. The van der Waals surface area contributed by atoms with Gasteiger partial charge >= 0.3 is 0 Å². The van der Waals surface area contributed by atoms with Crippen LogP contribution in [-0.4, -0.2) is 25.2 Å². The molecular formula is C18H17NO4S. The molecule has 0 atom stereocenters. The van der Waals surface area contributed by atoms with Crippen LogP contribution in [0.25, 0.3) is 10.8 Å². The van der Waals surface area contributed by atoms with Crippen molar-refractivity contribution in [2.24, 2.45) is 0 Å². The van der Waals surface area contributed by atoms with Gasteiger partial charge in [0.25, 0.3) is 0 Å². The van der Waals surface area contributed by atoms with Crippen molar-refractivity contribution in [2.75, 3.05) is 6.54 Å². The van der Waals surface area contributed by atoms with Crippen LogP contribution in [0.3, 0.4) is 0 Å². The standard InChI is InChI=1S/C18H17NO4S/c20-17-8-7-16(12-18(17)21)24(22,23)19-10-9-13-5-6-14-3-1-2-4-15(14)11-13/h1-8,11-12,19-21H,9-10H2. The molecule has 3 N–H and O–H groups in total. The SMILES string of the molecule is O=S(=O)(NCCc1ccc2ccccc2c1)c1ccc(O)c(O)c1. The number of hydrogen-bond acceptors (Lipinski definition) is 4. The molecule has 24 heavy (non-hydrogen) atoms. The third-order valence-corrected chi connectivity index (χ3v) is 5.24. The highest BCUT2D eigenvalue weighted by atomic mass is 32.2. The number of rotatable bonds is 5. The van der Waals surface area contributed by atoms with E-state index in [1.54, 1.807) is 0 Å². The van der Waals surface area contributed by atoms with Crippen molar-refractivity contribution in [2.45, 2.75) is 11.3 Å². The van der Waals surface area contributed by atoms with Crippen LogP contribution in [0.4, 0.5) is 0 Å². The van der Waals surface area contributed by atoms with E-state index < -0.39 is 15.8 Å². The van der Waals surface area contributed by atoms with Crippen LogP contribution in [0.5, 0.6) is 11.5 Å². The number of aromatic hydroxyl groups is 2. The Bertz CT molecular complexity index is 983. The van der Waals surface area contributed by atoms with E-state index in [2.05, 4.69) is 4.72 Å². The Hall–Kier alpha value is -2.57. The van der Waals surface area contributed by atoms with E-state index in [9.17, 15) is 18.6 Å². The summed E-state index contributed by atoms with van der Waals surface area (Å²) in [6.45, 7) is 0.238. The molecule has 0 saturated carbocycles. The van der Waals surface area contributed by atoms with Gasteiger partial charge in [-0.2, -0.15) is 0 Å². The molecule has 3 aromatic carbocycles. The fourth-order valence-corrected chi connectivity index (χ4v) is 3.53. The summed E-state index contributed by atoms with van der Waals surface area (Å²) in [5.74, 6) is -0.822. The van der Waals surface area contributed by atoms with E-state index >= 15 is 0 Å². The zero-order valence-electron chi connectivity index (χ0n) is 12.8. The average molecular weight is 343 g/mol. The minimum atomic E-state index is -3.73. The number of fused-ring (bicyclic) bond motifs is 1. The number of benzene rings is 3. The van der Waals surface area contributed by atoms with E-state index in [0.717, 1.165) is 28.5 Å². The molecule has 0 radical (unpaired) electrons. The first kappa shape index (κ1) is 16.3. The molecule has 3 aromatic rings. The van der Waals surface area contributed by atoms with E-state index in [0.29, 0.717) is 6.42 Å². The second-order valence-electron chi connectivity index (χ2n) is 5.48. The zero-order chi connectivity index (χ0) is 17.2. The van der Waals surface area contributed by atoms with E-state index in [1.807, 2.05) is 42.5 Å². The number of phenols is 2. The number of phenolic OH excluding ortho intramolecular Hbond substituents is 2. The van der Waals surface area contributed by atoms with Gasteiger partial charge in [0.15, 0.2) is 11.5 Å². The summed E-state index contributed by atoms with van der Waals surface area (Å²) >= 11 is 0. The van der Waals surface area contributed by atoms with Crippen molar-refractivity contribution in [3.8, 4) is 11.5 Å². The monoisotopic (exact) mass is 343 g/mol. The fourth-order valence-electron chi connectivity index (χ4n) is 2.48. The van der Waals surface area contributed by atoms with Gasteiger partial charge in [-0.15, -0.1) is 0 Å². The predicted molar refractivity (Wildman–Crippen MR) is 92.6 cm³/mol. The van der Waals surface area contributed by atoms with Gasteiger partial charge in [0, 0.05) is 12.6 Å². The van der Waals surface area contributed by atoms with E-state index in [-0.39, 0.29) is 17.2 Å². The van der Waals surface area contributed by atoms with Gasteiger partial charge in [0.05, 0.1) is 4.90 Å². The van der Waals surface area contributed by atoms with Crippen LogP contribution in [0, 0.1) is 0 Å². The zero-order valence-corrected chi connectivity index (χ0v) is 13.6. The first-order chi connectivity index (χ1) is 11.5. The lowest BCUT2D eigenvalue weighted by atomic mass is 10.1. The summed E-state index contributed by atoms with van der Waals surface area (Å²) in [4.78, 5) is -0.0867. The third kappa shape index (κ3) is 3.50. The van der Waals surface area contributed by atoms with Crippen LogP contribution in [0.15, 0.2) is 65.6 Å². The van der Waals surface area contributed by atoms with Crippen molar-refractivity contribution in [3.05, 3.63) is 66.2 Å². The minimum Gasteiger partial charge on any atom is -0.504 e. The lowest BCUT2D eigenvalue weighted by molar-refractivity contribution is 0.402. The van der Waals surface area contributed by atoms with Crippen LogP contribution < -0.4 is 4.72 Å². The Morgan fingerprint density at radius 2 is 1.58 bits per heavy atom. The molecular weight excluding hydrogens is 326 g/mol. The first-order valence-corrected chi connectivity index (χ1v) is 8.93. The molecule has 124 valence electrons. The molecule has 0 fully saturated rings. The number of nitrogens with one attached hydrogen (secondary N) is 1. The summed E-state index contributed by atoms with van der Waals surface area (Å²) in [7, 11) is -3.73. The Kier molecular flexibility index (Phi) is 4.42. The maximum Gasteiger partial charge on any atom is 0.240 e. The van der Waals surface area contributed by atoms with Crippen molar-refractivity contribution >= 4 is 20.8 Å². The summed E-state index contributed by atoms with van der Waals surface area (Å²) < 4.78 is 26.9. The second kappa shape index (κ2) is 6.51. The van der Waals surface area contributed by atoms with Crippen molar-refractivity contribution in [3.63, 3.8) is 0 Å². The molecule has 0 bridgehead atoms. The third-order valence-electron chi connectivity index (χ3n) is 3.78. The van der Waals surface area contributed by atoms with E-state index in [1.165, 1.54) is 6.07 Å². The largest absolute Gasteiger partial charge is 0.504 e. The highest BCUT2D eigenvalue weighted by Gasteiger charge is 2.15. The van der Waals surface area contributed by atoms with Crippen molar-refractivity contribution in [1.82, 2.24) is 4.72 Å². The van der Waals surface area contributed by atoms with Gasteiger partial charge in [0.1, 0.15) is 0 Å².